The number of aromatic nitrogens is 1. The lowest BCUT2D eigenvalue weighted by molar-refractivity contribution is 0.0698. The van der Waals surface area contributed by atoms with Crippen LogP contribution in [0.3, 0.4) is 0 Å². The minimum Gasteiger partial charge on any atom is -0.478 e. The number of benzene rings is 1. The molecule has 0 spiro atoms. The van der Waals surface area contributed by atoms with Crippen molar-refractivity contribution in [3.8, 4) is 0 Å². The molecule has 5 nitrogen and oxygen atoms in total. The van der Waals surface area contributed by atoms with Gasteiger partial charge in [-0.05, 0) is 37.3 Å². The molecule has 0 bridgehead atoms. The number of aryl methyl sites for hydroxylation is 1. The van der Waals surface area contributed by atoms with Gasteiger partial charge in [0.25, 0.3) is 0 Å². The van der Waals surface area contributed by atoms with Crippen LogP contribution in [0.15, 0.2) is 36.4 Å². The van der Waals surface area contributed by atoms with Crippen molar-refractivity contribution in [1.82, 2.24) is 4.98 Å². The van der Waals surface area contributed by atoms with Crippen molar-refractivity contribution in [1.29, 1.82) is 0 Å². The molecule has 104 valence electrons. The maximum absolute atomic E-state index is 10.9. The zero-order chi connectivity index (χ0) is 14.7. The Morgan fingerprint density at radius 3 is 2.70 bits per heavy atom. The number of hydrogen-bond donors (Lipinski definition) is 2. The van der Waals surface area contributed by atoms with Crippen molar-refractivity contribution in [2.24, 2.45) is 0 Å². The van der Waals surface area contributed by atoms with Crippen LogP contribution in [0.4, 0.5) is 11.4 Å². The molecule has 0 radical (unpaired) electrons. The van der Waals surface area contributed by atoms with Gasteiger partial charge in [-0.15, -0.1) is 0 Å². The van der Waals surface area contributed by atoms with Crippen LogP contribution in [-0.4, -0.2) is 23.1 Å². The minimum atomic E-state index is -1.02. The average Bonchev–Trinajstić information content (AvgIpc) is 2.38. The van der Waals surface area contributed by atoms with Gasteiger partial charge in [-0.25, -0.2) is 4.79 Å². The van der Waals surface area contributed by atoms with Gasteiger partial charge in [-0.2, -0.15) is 0 Å². The third-order valence-electron chi connectivity index (χ3n) is 3.05. The summed E-state index contributed by atoms with van der Waals surface area (Å²) in [5.41, 5.74) is 8.92. The molecule has 1 heterocycles. The monoisotopic (exact) mass is 271 g/mol. The Labute approximate surface area is 117 Å². The topological polar surface area (TPSA) is 79.5 Å². The molecule has 5 heteroatoms. The first-order chi connectivity index (χ1) is 9.47. The standard InChI is InChI=1S/C15H17N3O2/c1-10-4-3-5-11(17-10)9-18(2)12-6-7-13(15(19)20)14(16)8-12/h3-8H,9,16H2,1-2H3,(H,19,20). The first-order valence-electron chi connectivity index (χ1n) is 6.24. The van der Waals surface area contributed by atoms with E-state index in [9.17, 15) is 4.79 Å². The molecule has 0 amide bonds. The van der Waals surface area contributed by atoms with E-state index in [0.717, 1.165) is 17.1 Å². The molecule has 0 unspecified atom stereocenters. The number of nitrogen functional groups attached to an aromatic ring is 1. The Morgan fingerprint density at radius 2 is 2.10 bits per heavy atom. The maximum Gasteiger partial charge on any atom is 0.337 e. The lowest BCUT2D eigenvalue weighted by Crippen LogP contribution is -2.18. The fourth-order valence-electron chi connectivity index (χ4n) is 2.00. The Balaban J connectivity index is 2.19. The molecule has 3 N–H and O–H groups in total. The first-order valence-corrected chi connectivity index (χ1v) is 6.24. The lowest BCUT2D eigenvalue weighted by Gasteiger charge is -2.20. The molecule has 0 aliphatic rings. The van der Waals surface area contributed by atoms with Crippen molar-refractivity contribution in [3.05, 3.63) is 53.3 Å². The Morgan fingerprint density at radius 1 is 1.35 bits per heavy atom. The second-order valence-corrected chi connectivity index (χ2v) is 4.70. The summed E-state index contributed by atoms with van der Waals surface area (Å²) < 4.78 is 0. The number of carboxylic acids is 1. The van der Waals surface area contributed by atoms with Crippen LogP contribution in [0, 0.1) is 6.92 Å². The smallest absolute Gasteiger partial charge is 0.337 e. The first kappa shape index (κ1) is 13.9. The summed E-state index contributed by atoms with van der Waals surface area (Å²) in [4.78, 5) is 17.3. The normalized spacial score (nSPS) is 10.3. The Kier molecular flexibility index (Phi) is 3.89. The number of aromatic carboxylic acids is 1. The molecule has 2 aromatic rings. The molecule has 1 aromatic heterocycles. The molecular formula is C15H17N3O2. The second-order valence-electron chi connectivity index (χ2n) is 4.70. The summed E-state index contributed by atoms with van der Waals surface area (Å²) in [6, 6.07) is 10.8. The van der Waals surface area contributed by atoms with Crippen LogP contribution in [0.2, 0.25) is 0 Å². The van der Waals surface area contributed by atoms with E-state index >= 15 is 0 Å². The fourth-order valence-corrected chi connectivity index (χ4v) is 2.00. The molecule has 20 heavy (non-hydrogen) atoms. The second kappa shape index (κ2) is 5.61. The van der Waals surface area contributed by atoms with E-state index in [1.807, 2.05) is 37.1 Å². The van der Waals surface area contributed by atoms with Crippen molar-refractivity contribution in [2.75, 3.05) is 17.7 Å². The van der Waals surface area contributed by atoms with Crippen LogP contribution in [-0.2, 0) is 6.54 Å². The van der Waals surface area contributed by atoms with Crippen LogP contribution < -0.4 is 10.6 Å². The predicted octanol–water partition coefficient (Wildman–Crippen LogP) is 2.31. The molecule has 0 aliphatic heterocycles. The number of nitrogens with two attached hydrogens (primary N) is 1. The van der Waals surface area contributed by atoms with E-state index in [1.165, 1.54) is 6.07 Å². The number of carboxylic acid groups (broad SMARTS) is 1. The van der Waals surface area contributed by atoms with Crippen LogP contribution in [0.5, 0.6) is 0 Å². The number of hydrogen-bond acceptors (Lipinski definition) is 4. The fraction of sp³-hybridized carbons (Fsp3) is 0.200. The number of anilines is 2. The van der Waals surface area contributed by atoms with Gasteiger partial charge < -0.3 is 15.7 Å². The van der Waals surface area contributed by atoms with Crippen molar-refractivity contribution in [2.45, 2.75) is 13.5 Å². The average molecular weight is 271 g/mol. The van der Waals surface area contributed by atoms with Crippen LogP contribution in [0.25, 0.3) is 0 Å². The lowest BCUT2D eigenvalue weighted by atomic mass is 10.1. The molecule has 0 saturated heterocycles. The third-order valence-corrected chi connectivity index (χ3v) is 3.05. The zero-order valence-electron chi connectivity index (χ0n) is 11.5. The molecule has 1 aromatic carbocycles. The number of carbonyl (C=O) groups is 1. The van der Waals surface area contributed by atoms with Gasteiger partial charge in [0.05, 0.1) is 17.8 Å². The highest BCUT2D eigenvalue weighted by Gasteiger charge is 2.10. The summed E-state index contributed by atoms with van der Waals surface area (Å²) in [6.45, 7) is 2.58. The van der Waals surface area contributed by atoms with Gasteiger partial charge in [0.15, 0.2) is 0 Å². The highest BCUT2D eigenvalue weighted by molar-refractivity contribution is 5.94. The summed E-state index contributed by atoms with van der Waals surface area (Å²) in [5, 5.41) is 8.96. The predicted molar refractivity (Wildman–Crippen MR) is 78.9 cm³/mol. The Hall–Kier alpha value is -2.56. The van der Waals surface area contributed by atoms with Crippen molar-refractivity contribution >= 4 is 17.3 Å². The summed E-state index contributed by atoms with van der Waals surface area (Å²) in [6.07, 6.45) is 0. The van der Waals surface area contributed by atoms with Crippen LogP contribution >= 0.6 is 0 Å². The molecule has 2 rings (SSSR count). The Bertz CT molecular complexity index is 641. The quantitative estimate of drug-likeness (QED) is 0.834. The summed E-state index contributed by atoms with van der Waals surface area (Å²) in [5.74, 6) is -1.02. The van der Waals surface area contributed by atoms with Crippen molar-refractivity contribution in [3.63, 3.8) is 0 Å². The minimum absolute atomic E-state index is 0.121. The molecule has 0 atom stereocenters. The van der Waals surface area contributed by atoms with Crippen LogP contribution in [0.1, 0.15) is 21.7 Å². The van der Waals surface area contributed by atoms with Gasteiger partial charge in [0.1, 0.15) is 0 Å². The van der Waals surface area contributed by atoms with E-state index in [-0.39, 0.29) is 11.3 Å². The molecule has 0 fully saturated rings. The number of nitrogens with zero attached hydrogens (tertiary/aromatic N) is 2. The highest BCUT2D eigenvalue weighted by atomic mass is 16.4. The van der Waals surface area contributed by atoms with E-state index < -0.39 is 5.97 Å². The van der Waals surface area contributed by atoms with Gasteiger partial charge in [0, 0.05) is 24.1 Å². The van der Waals surface area contributed by atoms with E-state index in [4.69, 9.17) is 10.8 Å². The molecular weight excluding hydrogens is 254 g/mol. The van der Waals surface area contributed by atoms with E-state index in [1.54, 1.807) is 12.1 Å². The highest BCUT2D eigenvalue weighted by Crippen LogP contribution is 2.21. The van der Waals surface area contributed by atoms with Crippen molar-refractivity contribution < 1.29 is 9.90 Å². The van der Waals surface area contributed by atoms with E-state index in [2.05, 4.69) is 4.98 Å². The number of pyridine rings is 1. The van der Waals surface area contributed by atoms with Gasteiger partial charge in [0.2, 0.25) is 0 Å². The maximum atomic E-state index is 10.9. The van der Waals surface area contributed by atoms with E-state index in [0.29, 0.717) is 6.54 Å². The molecule has 0 aliphatic carbocycles. The summed E-state index contributed by atoms with van der Waals surface area (Å²) in [7, 11) is 1.92. The van der Waals surface area contributed by atoms with Gasteiger partial charge >= 0.3 is 5.97 Å². The van der Waals surface area contributed by atoms with Gasteiger partial charge in [-0.3, -0.25) is 4.98 Å². The largest absolute Gasteiger partial charge is 0.478 e. The SMILES string of the molecule is Cc1cccc(CN(C)c2ccc(C(=O)O)c(N)c2)n1. The zero-order valence-corrected chi connectivity index (χ0v) is 11.5. The number of rotatable bonds is 4. The van der Waals surface area contributed by atoms with Gasteiger partial charge in [-0.1, -0.05) is 6.07 Å². The molecule has 0 saturated carbocycles. The third kappa shape index (κ3) is 3.06. The summed E-state index contributed by atoms with van der Waals surface area (Å²) >= 11 is 0.